The molecule has 0 saturated heterocycles. The van der Waals surface area contributed by atoms with Gasteiger partial charge in [0.05, 0.1) is 17.9 Å². The second-order valence-electron chi connectivity index (χ2n) is 5.59. The van der Waals surface area contributed by atoms with Gasteiger partial charge in [-0.1, -0.05) is 31.5 Å². The molecular weight excluding hydrogens is 300 g/mol. The topological polar surface area (TPSA) is 57.1 Å². The summed E-state index contributed by atoms with van der Waals surface area (Å²) in [6.07, 6.45) is 0. The van der Waals surface area contributed by atoms with Gasteiger partial charge in [0, 0.05) is 5.69 Å². The van der Waals surface area contributed by atoms with Gasteiger partial charge in [-0.2, -0.15) is 10.2 Å². The van der Waals surface area contributed by atoms with E-state index in [4.69, 9.17) is 0 Å². The Balaban J connectivity index is 1.92. The Morgan fingerprint density at radius 3 is 1.92 bits per heavy atom. The Morgan fingerprint density at radius 1 is 0.917 bits per heavy atom. The summed E-state index contributed by atoms with van der Waals surface area (Å²) < 4.78 is 0. The van der Waals surface area contributed by atoms with E-state index in [9.17, 15) is 4.79 Å². The second-order valence-corrected chi connectivity index (χ2v) is 5.59. The quantitative estimate of drug-likeness (QED) is 0.751. The van der Waals surface area contributed by atoms with Crippen LogP contribution in [0, 0.1) is 6.92 Å². The third-order valence-electron chi connectivity index (χ3n) is 3.73. The number of rotatable bonds is 7. The molecule has 2 aromatic carbocycles. The first kappa shape index (κ1) is 17.8. The molecule has 0 saturated carbocycles. The van der Waals surface area contributed by atoms with Crippen LogP contribution in [0.15, 0.2) is 58.8 Å². The number of carbonyl (C=O) groups is 1. The van der Waals surface area contributed by atoms with Crippen LogP contribution in [0.2, 0.25) is 0 Å². The molecule has 0 aliphatic carbocycles. The van der Waals surface area contributed by atoms with Crippen LogP contribution < -0.4 is 5.32 Å². The van der Waals surface area contributed by atoms with Crippen LogP contribution in [-0.2, 0) is 4.79 Å². The van der Waals surface area contributed by atoms with Crippen LogP contribution in [0.5, 0.6) is 0 Å². The van der Waals surface area contributed by atoms with E-state index in [0.29, 0.717) is 6.54 Å². The van der Waals surface area contributed by atoms with Crippen molar-refractivity contribution in [1.82, 2.24) is 4.90 Å². The zero-order valence-electron chi connectivity index (χ0n) is 14.5. The van der Waals surface area contributed by atoms with E-state index in [1.165, 1.54) is 5.56 Å². The molecule has 0 atom stereocenters. The maximum absolute atomic E-state index is 12.0. The predicted molar refractivity (Wildman–Crippen MR) is 98.2 cm³/mol. The lowest BCUT2D eigenvalue weighted by molar-refractivity contribution is -0.117. The summed E-state index contributed by atoms with van der Waals surface area (Å²) in [5, 5.41) is 11.3. The third-order valence-corrected chi connectivity index (χ3v) is 3.73. The number of benzene rings is 2. The summed E-state index contributed by atoms with van der Waals surface area (Å²) in [5.41, 5.74) is 3.52. The van der Waals surface area contributed by atoms with Crippen molar-refractivity contribution in [3.05, 3.63) is 54.1 Å². The molecule has 0 bridgehead atoms. The summed E-state index contributed by atoms with van der Waals surface area (Å²) in [7, 11) is 0. The highest BCUT2D eigenvalue weighted by molar-refractivity contribution is 5.92. The van der Waals surface area contributed by atoms with Crippen molar-refractivity contribution in [2.24, 2.45) is 10.2 Å². The average molecular weight is 324 g/mol. The molecule has 0 radical (unpaired) electrons. The Kier molecular flexibility index (Phi) is 6.63. The lowest BCUT2D eigenvalue weighted by Gasteiger charge is -2.17. The Bertz CT molecular complexity index is 674. The van der Waals surface area contributed by atoms with E-state index in [2.05, 4.69) is 20.4 Å². The molecule has 2 aromatic rings. The molecule has 0 aliphatic heterocycles. The molecule has 0 aromatic heterocycles. The number of hydrogen-bond donors (Lipinski definition) is 1. The molecule has 2 rings (SSSR count). The number of likely N-dealkylation sites (N-methyl/N-ethyl adjacent to an activating group) is 1. The van der Waals surface area contributed by atoms with Crippen LogP contribution in [0.25, 0.3) is 0 Å². The van der Waals surface area contributed by atoms with Gasteiger partial charge in [0.25, 0.3) is 0 Å². The number of nitrogens with zero attached hydrogens (tertiary/aromatic N) is 3. The minimum atomic E-state index is -0.00673. The first-order chi connectivity index (χ1) is 11.6. The molecule has 5 heteroatoms. The minimum Gasteiger partial charge on any atom is -0.325 e. The van der Waals surface area contributed by atoms with Crippen molar-refractivity contribution >= 4 is 23.0 Å². The van der Waals surface area contributed by atoms with Crippen molar-refractivity contribution in [1.29, 1.82) is 0 Å². The van der Waals surface area contributed by atoms with Crippen LogP contribution in [0.3, 0.4) is 0 Å². The van der Waals surface area contributed by atoms with Gasteiger partial charge in [0.1, 0.15) is 0 Å². The highest BCUT2D eigenvalue weighted by Gasteiger charge is 2.07. The summed E-state index contributed by atoms with van der Waals surface area (Å²) in [6, 6.07) is 15.2. The number of nitrogens with one attached hydrogen (secondary N) is 1. The molecule has 126 valence electrons. The fraction of sp³-hybridized carbons (Fsp3) is 0.316. The first-order valence-electron chi connectivity index (χ1n) is 8.21. The minimum absolute atomic E-state index is 0.00673. The number of amides is 1. The lowest BCUT2D eigenvalue weighted by Crippen LogP contribution is -2.32. The largest absolute Gasteiger partial charge is 0.325 e. The molecule has 0 unspecified atom stereocenters. The van der Waals surface area contributed by atoms with Crippen LogP contribution in [0.4, 0.5) is 17.1 Å². The fourth-order valence-corrected chi connectivity index (χ4v) is 2.19. The highest BCUT2D eigenvalue weighted by atomic mass is 16.2. The highest BCUT2D eigenvalue weighted by Crippen LogP contribution is 2.20. The van der Waals surface area contributed by atoms with Crippen molar-refractivity contribution in [3.63, 3.8) is 0 Å². The number of aryl methyl sites for hydroxylation is 1. The normalized spacial score (nSPS) is 11.2. The van der Waals surface area contributed by atoms with Crippen LogP contribution in [-0.4, -0.2) is 30.4 Å². The van der Waals surface area contributed by atoms with E-state index in [-0.39, 0.29) is 5.91 Å². The Hall–Kier alpha value is -2.53. The van der Waals surface area contributed by atoms with Gasteiger partial charge in [0.2, 0.25) is 5.91 Å². The summed E-state index contributed by atoms with van der Waals surface area (Å²) in [4.78, 5) is 14.0. The van der Waals surface area contributed by atoms with E-state index in [0.717, 1.165) is 30.2 Å². The lowest BCUT2D eigenvalue weighted by atomic mass is 10.2. The number of anilines is 1. The summed E-state index contributed by atoms with van der Waals surface area (Å²) >= 11 is 0. The second kappa shape index (κ2) is 8.93. The maximum atomic E-state index is 12.0. The van der Waals surface area contributed by atoms with Crippen molar-refractivity contribution in [3.8, 4) is 0 Å². The number of carbonyl (C=O) groups excluding carboxylic acids is 1. The van der Waals surface area contributed by atoms with Gasteiger partial charge in [-0.15, -0.1) is 0 Å². The average Bonchev–Trinajstić information content (AvgIpc) is 2.60. The zero-order chi connectivity index (χ0) is 17.4. The van der Waals surface area contributed by atoms with Crippen LogP contribution >= 0.6 is 0 Å². The number of hydrogen-bond acceptors (Lipinski definition) is 4. The molecule has 0 aliphatic rings. The molecule has 0 heterocycles. The smallest absolute Gasteiger partial charge is 0.238 e. The van der Waals surface area contributed by atoms with Crippen molar-refractivity contribution in [2.75, 3.05) is 25.0 Å². The van der Waals surface area contributed by atoms with Gasteiger partial charge >= 0.3 is 0 Å². The summed E-state index contributed by atoms with van der Waals surface area (Å²) in [6.45, 7) is 8.26. The predicted octanol–water partition coefficient (Wildman–Crippen LogP) is 4.69. The standard InChI is InChI=1S/C19H24N4O/c1-4-23(5-2)14-19(24)20-16-10-12-18(13-11-16)22-21-17-8-6-15(3)7-9-17/h6-13H,4-5,14H2,1-3H3,(H,20,24). The molecular formula is C19H24N4O. The Labute approximate surface area is 143 Å². The molecule has 5 nitrogen and oxygen atoms in total. The van der Waals surface area contributed by atoms with Gasteiger partial charge < -0.3 is 5.32 Å². The molecule has 0 fully saturated rings. The van der Waals surface area contributed by atoms with Gasteiger partial charge in [-0.25, -0.2) is 0 Å². The zero-order valence-corrected chi connectivity index (χ0v) is 14.5. The van der Waals surface area contributed by atoms with Crippen molar-refractivity contribution in [2.45, 2.75) is 20.8 Å². The molecule has 1 N–H and O–H groups in total. The number of azo groups is 1. The van der Waals surface area contributed by atoms with E-state index in [1.807, 2.05) is 69.3 Å². The maximum Gasteiger partial charge on any atom is 0.238 e. The van der Waals surface area contributed by atoms with E-state index in [1.54, 1.807) is 0 Å². The van der Waals surface area contributed by atoms with E-state index >= 15 is 0 Å². The van der Waals surface area contributed by atoms with E-state index < -0.39 is 0 Å². The monoisotopic (exact) mass is 324 g/mol. The van der Waals surface area contributed by atoms with Gasteiger partial charge in [-0.3, -0.25) is 9.69 Å². The fourth-order valence-electron chi connectivity index (χ4n) is 2.19. The molecule has 0 spiro atoms. The molecule has 24 heavy (non-hydrogen) atoms. The SMILES string of the molecule is CCN(CC)CC(=O)Nc1ccc(N=Nc2ccc(C)cc2)cc1. The van der Waals surface area contributed by atoms with Gasteiger partial charge in [0.15, 0.2) is 0 Å². The van der Waals surface area contributed by atoms with Gasteiger partial charge in [-0.05, 0) is 56.4 Å². The third kappa shape index (κ3) is 5.59. The first-order valence-corrected chi connectivity index (χ1v) is 8.21. The summed E-state index contributed by atoms with van der Waals surface area (Å²) in [5.74, 6) is -0.00673. The Morgan fingerprint density at radius 2 is 1.42 bits per heavy atom. The van der Waals surface area contributed by atoms with Crippen LogP contribution in [0.1, 0.15) is 19.4 Å². The molecule has 1 amide bonds. The van der Waals surface area contributed by atoms with Crippen molar-refractivity contribution < 1.29 is 4.79 Å².